The summed E-state index contributed by atoms with van der Waals surface area (Å²) in [5.74, 6) is -0.965. The van der Waals surface area contributed by atoms with Gasteiger partial charge in [-0.3, -0.25) is 9.59 Å². The van der Waals surface area contributed by atoms with Gasteiger partial charge in [0.25, 0.3) is 5.91 Å². The predicted octanol–water partition coefficient (Wildman–Crippen LogP) is 3.65. The largest absolute Gasteiger partial charge is 0.507 e. The number of para-hydroxylation sites is 1. The number of anilines is 1. The molecule has 2 aromatic carbocycles. The summed E-state index contributed by atoms with van der Waals surface area (Å²) in [6.07, 6.45) is -0.821. The summed E-state index contributed by atoms with van der Waals surface area (Å²) in [5, 5.41) is 25.4. The van der Waals surface area contributed by atoms with Crippen LogP contribution in [0.25, 0.3) is 0 Å². The maximum absolute atomic E-state index is 13.5. The summed E-state index contributed by atoms with van der Waals surface area (Å²) in [6.45, 7) is 7.64. The van der Waals surface area contributed by atoms with Gasteiger partial charge < -0.3 is 30.1 Å². The molecule has 0 spiro atoms. The van der Waals surface area contributed by atoms with E-state index in [4.69, 9.17) is 9.47 Å². The number of aromatic hydroxyl groups is 1. The Morgan fingerprint density at radius 2 is 1.78 bits per heavy atom. The predicted molar refractivity (Wildman–Crippen MR) is 133 cm³/mol. The highest BCUT2D eigenvalue weighted by Gasteiger charge is 2.36. The van der Waals surface area contributed by atoms with Crippen molar-refractivity contribution in [2.45, 2.75) is 52.3 Å². The Labute approximate surface area is 210 Å². The first kappa shape index (κ1) is 28.0. The number of nitrogens with zero attached hydrogens (tertiary/aromatic N) is 2. The molecular formula is C26H32N4O6. The topological polar surface area (TPSA) is 141 Å². The van der Waals surface area contributed by atoms with E-state index in [1.165, 1.54) is 20.1 Å². The average molecular weight is 497 g/mol. The Morgan fingerprint density at radius 1 is 1.14 bits per heavy atom. The Bertz CT molecular complexity index is 1130. The number of aryl methyl sites for hydroxylation is 1. The van der Waals surface area contributed by atoms with Crippen molar-refractivity contribution >= 4 is 23.6 Å². The molecule has 3 amide bonds. The van der Waals surface area contributed by atoms with Gasteiger partial charge in [0.05, 0.1) is 13.2 Å². The number of carbonyl (C=O) groups is 3. The van der Waals surface area contributed by atoms with Crippen molar-refractivity contribution in [3.8, 4) is 17.6 Å². The molecule has 10 heteroatoms. The number of carbonyl (C=O) groups excluding carboxylic acids is 3. The second-order valence-electron chi connectivity index (χ2n) is 9.13. The van der Waals surface area contributed by atoms with E-state index in [0.717, 1.165) is 4.90 Å². The molecule has 0 aromatic heterocycles. The number of hydrogen-bond donors (Lipinski definition) is 3. The summed E-state index contributed by atoms with van der Waals surface area (Å²) in [7, 11) is 1.52. The number of hydrogen-bond acceptors (Lipinski definition) is 7. The first-order valence-corrected chi connectivity index (χ1v) is 11.3. The third kappa shape index (κ3) is 7.37. The van der Waals surface area contributed by atoms with Gasteiger partial charge in [-0.1, -0.05) is 18.2 Å². The van der Waals surface area contributed by atoms with E-state index >= 15 is 0 Å². The van der Waals surface area contributed by atoms with Crippen LogP contribution >= 0.6 is 0 Å². The van der Waals surface area contributed by atoms with Gasteiger partial charge in [-0.25, -0.2) is 4.79 Å². The molecule has 2 unspecified atom stereocenters. The summed E-state index contributed by atoms with van der Waals surface area (Å²) in [4.78, 5) is 40.2. The quantitative estimate of drug-likeness (QED) is 0.474. The minimum absolute atomic E-state index is 0.133. The monoisotopic (exact) mass is 496 g/mol. The van der Waals surface area contributed by atoms with Crippen molar-refractivity contribution in [1.29, 1.82) is 5.26 Å². The SMILES string of the molecule is COc1ccc(NC(=O)C(c2cccc(C)c2O)N(CC#N)C(=O)C(C)NC(=O)OC(C)(C)C)cc1. The van der Waals surface area contributed by atoms with E-state index in [2.05, 4.69) is 10.6 Å². The molecule has 0 aliphatic rings. The Balaban J connectivity index is 2.45. The lowest BCUT2D eigenvalue weighted by atomic mass is 9.99. The van der Waals surface area contributed by atoms with Crippen LogP contribution in [0.15, 0.2) is 42.5 Å². The molecule has 0 bridgehead atoms. The fourth-order valence-corrected chi connectivity index (χ4v) is 3.41. The number of nitriles is 1. The summed E-state index contributed by atoms with van der Waals surface area (Å²) < 4.78 is 10.3. The number of methoxy groups -OCH3 is 1. The standard InChI is InChI=1S/C26H32N4O6/c1-16-8-7-9-20(22(16)31)21(23(32)29-18-10-12-19(35-6)13-11-18)30(15-14-27)24(33)17(2)28-25(34)36-26(3,4)5/h7-13,17,21,31H,15H2,1-6H3,(H,28,34)(H,29,32). The Kier molecular flexibility index (Phi) is 9.27. The van der Waals surface area contributed by atoms with Crippen LogP contribution in [0.3, 0.4) is 0 Å². The number of phenolic OH excluding ortho intramolecular Hbond substituents is 1. The van der Waals surface area contributed by atoms with Crippen LogP contribution in [0.2, 0.25) is 0 Å². The van der Waals surface area contributed by atoms with E-state index in [1.54, 1.807) is 64.1 Å². The number of ether oxygens (including phenoxy) is 2. The van der Waals surface area contributed by atoms with Gasteiger partial charge >= 0.3 is 6.09 Å². The zero-order valence-electron chi connectivity index (χ0n) is 21.3. The molecule has 2 rings (SSSR count). The first-order valence-electron chi connectivity index (χ1n) is 11.3. The molecule has 0 radical (unpaired) electrons. The summed E-state index contributed by atoms with van der Waals surface area (Å²) in [5.41, 5.74) is 0.253. The lowest BCUT2D eigenvalue weighted by Gasteiger charge is -2.32. The molecule has 2 atom stereocenters. The second kappa shape index (κ2) is 11.9. The van der Waals surface area contributed by atoms with Crippen LogP contribution in [0.5, 0.6) is 11.5 Å². The zero-order valence-corrected chi connectivity index (χ0v) is 21.3. The number of amides is 3. The van der Waals surface area contributed by atoms with Crippen molar-refractivity contribution in [3.05, 3.63) is 53.6 Å². The lowest BCUT2D eigenvalue weighted by Crippen LogP contribution is -2.51. The molecule has 192 valence electrons. The third-order valence-corrected chi connectivity index (χ3v) is 5.11. The molecule has 2 aromatic rings. The maximum atomic E-state index is 13.5. The minimum Gasteiger partial charge on any atom is -0.507 e. The van der Waals surface area contributed by atoms with Gasteiger partial charge in [-0.2, -0.15) is 5.26 Å². The molecule has 36 heavy (non-hydrogen) atoms. The fraction of sp³-hybridized carbons (Fsp3) is 0.385. The third-order valence-electron chi connectivity index (χ3n) is 5.11. The van der Waals surface area contributed by atoms with Crippen molar-refractivity contribution in [2.24, 2.45) is 0 Å². The van der Waals surface area contributed by atoms with Gasteiger partial charge in [0.15, 0.2) is 0 Å². The molecule has 0 aliphatic heterocycles. The van der Waals surface area contributed by atoms with Gasteiger partial charge in [-0.05, 0) is 64.4 Å². The normalized spacial score (nSPS) is 12.5. The molecular weight excluding hydrogens is 464 g/mol. The number of alkyl carbamates (subject to hydrolysis) is 1. The average Bonchev–Trinajstić information content (AvgIpc) is 2.80. The fourth-order valence-electron chi connectivity index (χ4n) is 3.41. The van der Waals surface area contributed by atoms with Gasteiger partial charge in [0.2, 0.25) is 5.91 Å². The molecule has 0 heterocycles. The van der Waals surface area contributed by atoms with Crippen LogP contribution in [-0.4, -0.2) is 53.2 Å². The Hall–Kier alpha value is -4.26. The van der Waals surface area contributed by atoms with Crippen molar-refractivity contribution in [1.82, 2.24) is 10.2 Å². The van der Waals surface area contributed by atoms with Crippen LogP contribution in [0.1, 0.15) is 44.9 Å². The number of phenols is 1. The zero-order chi connectivity index (χ0) is 27.0. The van der Waals surface area contributed by atoms with Crippen LogP contribution in [0.4, 0.5) is 10.5 Å². The highest BCUT2D eigenvalue weighted by atomic mass is 16.6. The highest BCUT2D eigenvalue weighted by molar-refractivity contribution is 5.99. The molecule has 0 fully saturated rings. The van der Waals surface area contributed by atoms with Crippen molar-refractivity contribution in [2.75, 3.05) is 19.0 Å². The van der Waals surface area contributed by atoms with E-state index in [1.807, 2.05) is 6.07 Å². The van der Waals surface area contributed by atoms with E-state index in [0.29, 0.717) is 17.0 Å². The van der Waals surface area contributed by atoms with Gasteiger partial charge in [0.1, 0.15) is 35.7 Å². The smallest absolute Gasteiger partial charge is 0.408 e. The molecule has 3 N–H and O–H groups in total. The second-order valence-corrected chi connectivity index (χ2v) is 9.13. The van der Waals surface area contributed by atoms with Crippen LogP contribution in [0, 0.1) is 18.3 Å². The van der Waals surface area contributed by atoms with Gasteiger partial charge in [-0.15, -0.1) is 0 Å². The number of nitrogens with one attached hydrogen (secondary N) is 2. The number of benzene rings is 2. The Morgan fingerprint density at radius 3 is 2.33 bits per heavy atom. The lowest BCUT2D eigenvalue weighted by molar-refractivity contribution is -0.139. The maximum Gasteiger partial charge on any atom is 0.408 e. The van der Waals surface area contributed by atoms with Crippen LogP contribution in [-0.2, 0) is 14.3 Å². The molecule has 10 nitrogen and oxygen atoms in total. The van der Waals surface area contributed by atoms with E-state index in [-0.39, 0.29) is 11.3 Å². The molecule has 0 saturated carbocycles. The summed E-state index contributed by atoms with van der Waals surface area (Å²) in [6, 6.07) is 10.7. The van der Waals surface area contributed by atoms with E-state index < -0.39 is 42.1 Å². The highest BCUT2D eigenvalue weighted by Crippen LogP contribution is 2.33. The minimum atomic E-state index is -1.37. The molecule has 0 saturated heterocycles. The van der Waals surface area contributed by atoms with Crippen molar-refractivity contribution < 1.29 is 29.0 Å². The van der Waals surface area contributed by atoms with Crippen LogP contribution < -0.4 is 15.4 Å². The molecule has 0 aliphatic carbocycles. The first-order chi connectivity index (χ1) is 16.9. The van der Waals surface area contributed by atoms with Crippen molar-refractivity contribution in [3.63, 3.8) is 0 Å². The van der Waals surface area contributed by atoms with Gasteiger partial charge in [0, 0.05) is 11.3 Å². The summed E-state index contributed by atoms with van der Waals surface area (Å²) >= 11 is 0. The number of rotatable bonds is 8. The van der Waals surface area contributed by atoms with E-state index in [9.17, 15) is 24.8 Å².